The van der Waals surface area contributed by atoms with Crippen LogP contribution in [0.15, 0.2) is 42.5 Å². The van der Waals surface area contributed by atoms with Crippen LogP contribution in [0.1, 0.15) is 48.5 Å². The van der Waals surface area contributed by atoms with Crippen molar-refractivity contribution in [2.75, 3.05) is 26.8 Å². The van der Waals surface area contributed by atoms with Gasteiger partial charge in [0, 0.05) is 25.2 Å². The van der Waals surface area contributed by atoms with Crippen molar-refractivity contribution in [3.05, 3.63) is 59.4 Å². The fourth-order valence-corrected chi connectivity index (χ4v) is 3.75. The number of nitrogens with zero attached hydrogens (tertiary/aromatic N) is 1. The molecule has 2 amide bonds. The van der Waals surface area contributed by atoms with E-state index in [2.05, 4.69) is 12.2 Å². The number of carbonyl (C=O) groups is 2. The molecular weight excluding hydrogens is 411 g/mol. The Labute approximate surface area is 188 Å². The Morgan fingerprint density at radius 3 is 2.66 bits per heavy atom. The maximum atomic E-state index is 13.1. The third-order valence-electron chi connectivity index (χ3n) is 5.62. The van der Waals surface area contributed by atoms with Gasteiger partial charge in [-0.1, -0.05) is 19.4 Å². The number of piperidine rings is 1. The molecule has 3 rings (SSSR count). The molecular formula is C25H31FN2O4. The number of carbonyl (C=O) groups excluding carboxylic acids is 2. The first-order valence-electron chi connectivity index (χ1n) is 11.1. The Balaban J connectivity index is 1.55. The van der Waals surface area contributed by atoms with Gasteiger partial charge in [-0.05, 0) is 61.2 Å². The SMILES string of the molecule is CCCCOc1ccc(CNC(=O)C2CCCN(C(=O)c3ccc(F)cc3)C2)cc1OC. The van der Waals surface area contributed by atoms with Gasteiger partial charge in [0.2, 0.25) is 5.91 Å². The molecule has 1 aliphatic rings. The molecule has 2 aromatic rings. The molecule has 1 heterocycles. The number of methoxy groups -OCH3 is 1. The van der Waals surface area contributed by atoms with Crippen molar-refractivity contribution in [3.63, 3.8) is 0 Å². The van der Waals surface area contributed by atoms with Gasteiger partial charge in [-0.25, -0.2) is 4.39 Å². The number of likely N-dealkylation sites (tertiary alicyclic amines) is 1. The standard InChI is InChI=1S/C25H31FN2O4/c1-3-4-14-32-22-12-7-18(15-23(22)31-2)16-27-24(29)20-6-5-13-28(17-20)25(30)19-8-10-21(26)11-9-19/h7-12,15,20H,3-6,13-14,16-17H2,1-2H3,(H,27,29). The number of halogens is 1. The summed E-state index contributed by atoms with van der Waals surface area (Å²) in [6, 6.07) is 11.1. The van der Waals surface area contributed by atoms with E-state index in [-0.39, 0.29) is 23.5 Å². The van der Waals surface area contributed by atoms with Gasteiger partial charge in [-0.2, -0.15) is 0 Å². The van der Waals surface area contributed by atoms with Gasteiger partial charge in [-0.3, -0.25) is 9.59 Å². The number of nitrogens with one attached hydrogen (secondary N) is 1. The highest BCUT2D eigenvalue weighted by atomic mass is 19.1. The van der Waals surface area contributed by atoms with E-state index in [4.69, 9.17) is 9.47 Å². The highest BCUT2D eigenvalue weighted by Gasteiger charge is 2.28. The van der Waals surface area contributed by atoms with Crippen LogP contribution >= 0.6 is 0 Å². The van der Waals surface area contributed by atoms with Gasteiger partial charge < -0.3 is 19.7 Å². The molecule has 0 aliphatic carbocycles. The number of amides is 2. The summed E-state index contributed by atoms with van der Waals surface area (Å²) in [7, 11) is 1.60. The van der Waals surface area contributed by atoms with Crippen LogP contribution in [0, 0.1) is 11.7 Å². The zero-order valence-corrected chi connectivity index (χ0v) is 18.7. The molecule has 6 nitrogen and oxygen atoms in total. The van der Waals surface area contributed by atoms with Crippen LogP contribution in [0.5, 0.6) is 11.5 Å². The van der Waals surface area contributed by atoms with Crippen LogP contribution in [-0.2, 0) is 11.3 Å². The highest BCUT2D eigenvalue weighted by molar-refractivity contribution is 5.94. The first kappa shape index (κ1) is 23.6. The molecule has 2 aromatic carbocycles. The van der Waals surface area contributed by atoms with Gasteiger partial charge in [0.15, 0.2) is 11.5 Å². The zero-order valence-electron chi connectivity index (χ0n) is 18.7. The molecule has 1 aliphatic heterocycles. The summed E-state index contributed by atoms with van der Waals surface area (Å²) in [6.07, 6.45) is 3.51. The molecule has 1 fully saturated rings. The monoisotopic (exact) mass is 442 g/mol. The molecule has 0 radical (unpaired) electrons. The minimum atomic E-state index is -0.380. The summed E-state index contributed by atoms with van der Waals surface area (Å²) in [6.45, 7) is 4.06. The Hall–Kier alpha value is -3.09. The number of benzene rings is 2. The van der Waals surface area contributed by atoms with Crippen molar-refractivity contribution in [1.82, 2.24) is 10.2 Å². The van der Waals surface area contributed by atoms with Crippen molar-refractivity contribution in [2.24, 2.45) is 5.92 Å². The third-order valence-corrected chi connectivity index (χ3v) is 5.62. The first-order valence-corrected chi connectivity index (χ1v) is 11.1. The second-order valence-corrected chi connectivity index (χ2v) is 8.00. The number of hydrogen-bond donors (Lipinski definition) is 1. The summed E-state index contributed by atoms with van der Waals surface area (Å²) in [5.74, 6) is 0.427. The second-order valence-electron chi connectivity index (χ2n) is 8.00. The molecule has 32 heavy (non-hydrogen) atoms. The van der Waals surface area contributed by atoms with E-state index in [9.17, 15) is 14.0 Å². The average Bonchev–Trinajstić information content (AvgIpc) is 2.83. The first-order chi connectivity index (χ1) is 15.5. The second kappa shape index (κ2) is 11.5. The van der Waals surface area contributed by atoms with E-state index in [1.54, 1.807) is 12.0 Å². The smallest absolute Gasteiger partial charge is 0.253 e. The number of unbranched alkanes of at least 4 members (excludes halogenated alkanes) is 1. The van der Waals surface area contributed by atoms with Gasteiger partial charge in [0.1, 0.15) is 5.82 Å². The summed E-state index contributed by atoms with van der Waals surface area (Å²) in [5, 5.41) is 2.98. The molecule has 1 atom stereocenters. The van der Waals surface area contributed by atoms with E-state index < -0.39 is 0 Å². The Kier molecular flexibility index (Phi) is 8.48. The molecule has 0 aromatic heterocycles. The van der Waals surface area contributed by atoms with E-state index in [1.807, 2.05) is 18.2 Å². The van der Waals surface area contributed by atoms with Crippen molar-refractivity contribution < 1.29 is 23.5 Å². The molecule has 1 N–H and O–H groups in total. The third kappa shape index (κ3) is 6.22. The largest absolute Gasteiger partial charge is 0.493 e. The van der Waals surface area contributed by atoms with Gasteiger partial charge in [-0.15, -0.1) is 0 Å². The average molecular weight is 443 g/mol. The van der Waals surface area contributed by atoms with Gasteiger partial charge in [0.05, 0.1) is 19.6 Å². The lowest BCUT2D eigenvalue weighted by Gasteiger charge is -2.32. The molecule has 0 spiro atoms. The summed E-state index contributed by atoms with van der Waals surface area (Å²) in [4.78, 5) is 27.1. The van der Waals surface area contributed by atoms with E-state index >= 15 is 0 Å². The van der Waals surface area contributed by atoms with Crippen LogP contribution in [0.4, 0.5) is 4.39 Å². The predicted octanol–water partition coefficient (Wildman–Crippen LogP) is 4.18. The summed E-state index contributed by atoms with van der Waals surface area (Å²) >= 11 is 0. The van der Waals surface area contributed by atoms with Crippen molar-refractivity contribution in [1.29, 1.82) is 0 Å². The van der Waals surface area contributed by atoms with Gasteiger partial charge >= 0.3 is 0 Å². The number of rotatable bonds is 9. The lowest BCUT2D eigenvalue weighted by Crippen LogP contribution is -2.45. The normalized spacial score (nSPS) is 15.8. The maximum absolute atomic E-state index is 13.1. The molecule has 172 valence electrons. The number of ether oxygens (including phenoxy) is 2. The van der Waals surface area contributed by atoms with Crippen molar-refractivity contribution in [3.8, 4) is 11.5 Å². The van der Waals surface area contributed by atoms with Crippen LogP contribution < -0.4 is 14.8 Å². The zero-order chi connectivity index (χ0) is 22.9. The molecule has 7 heteroatoms. The van der Waals surface area contributed by atoms with Crippen LogP contribution in [0.3, 0.4) is 0 Å². The van der Waals surface area contributed by atoms with E-state index in [0.717, 1.165) is 31.2 Å². The fourth-order valence-electron chi connectivity index (χ4n) is 3.75. The molecule has 1 saturated heterocycles. The maximum Gasteiger partial charge on any atom is 0.253 e. The topological polar surface area (TPSA) is 67.9 Å². The quantitative estimate of drug-likeness (QED) is 0.592. The summed E-state index contributed by atoms with van der Waals surface area (Å²) < 4.78 is 24.3. The van der Waals surface area contributed by atoms with Crippen molar-refractivity contribution in [2.45, 2.75) is 39.2 Å². The van der Waals surface area contributed by atoms with Crippen LogP contribution in [0.25, 0.3) is 0 Å². The Morgan fingerprint density at radius 2 is 1.94 bits per heavy atom. The van der Waals surface area contributed by atoms with Crippen molar-refractivity contribution >= 4 is 11.8 Å². The fraction of sp³-hybridized carbons (Fsp3) is 0.440. The predicted molar refractivity (Wildman–Crippen MR) is 120 cm³/mol. The minimum absolute atomic E-state index is 0.0798. The molecule has 0 saturated carbocycles. The van der Waals surface area contributed by atoms with Crippen LogP contribution in [0.2, 0.25) is 0 Å². The number of hydrogen-bond acceptors (Lipinski definition) is 4. The van der Waals surface area contributed by atoms with Crippen LogP contribution in [-0.4, -0.2) is 43.5 Å². The lowest BCUT2D eigenvalue weighted by atomic mass is 9.96. The van der Waals surface area contributed by atoms with Gasteiger partial charge in [0.25, 0.3) is 5.91 Å². The minimum Gasteiger partial charge on any atom is -0.493 e. The lowest BCUT2D eigenvalue weighted by molar-refractivity contribution is -0.126. The Bertz CT molecular complexity index is 917. The highest BCUT2D eigenvalue weighted by Crippen LogP contribution is 2.28. The molecule has 1 unspecified atom stereocenters. The summed E-state index contributed by atoms with van der Waals surface area (Å²) in [5.41, 5.74) is 1.34. The van der Waals surface area contributed by atoms with E-state index in [0.29, 0.717) is 43.3 Å². The Morgan fingerprint density at radius 1 is 1.16 bits per heavy atom. The van der Waals surface area contributed by atoms with E-state index in [1.165, 1.54) is 24.3 Å². The molecule has 0 bridgehead atoms.